The summed E-state index contributed by atoms with van der Waals surface area (Å²) in [6.07, 6.45) is -0.985. The zero-order valence-electron chi connectivity index (χ0n) is 12.1. The minimum Gasteiger partial charge on any atom is -0.317 e. The number of nitrogens with zero attached hydrogens (tertiary/aromatic N) is 3. The number of thioether (sulfide) groups is 1. The van der Waals surface area contributed by atoms with Gasteiger partial charge in [0.1, 0.15) is 0 Å². The first-order valence-electron chi connectivity index (χ1n) is 7.05. The van der Waals surface area contributed by atoms with Gasteiger partial charge in [0.2, 0.25) is 0 Å². The predicted octanol–water partition coefficient (Wildman–Crippen LogP) is 4.21. The van der Waals surface area contributed by atoms with Gasteiger partial charge in [0.05, 0.1) is 18.7 Å². The topological polar surface area (TPSA) is 28.5 Å². The normalized spacial score (nSPS) is 14.7. The summed E-state index contributed by atoms with van der Waals surface area (Å²) in [6.45, 7) is 1.11. The molecule has 0 saturated carbocycles. The molecule has 120 valence electrons. The fraction of sp³-hybridized carbons (Fsp3) is 0.250. The van der Waals surface area contributed by atoms with Crippen LogP contribution >= 0.6 is 11.8 Å². The van der Waals surface area contributed by atoms with Crippen LogP contribution in [-0.4, -0.2) is 22.4 Å². The lowest BCUT2D eigenvalue weighted by molar-refractivity contribution is -0.137. The molecule has 0 bridgehead atoms. The van der Waals surface area contributed by atoms with Gasteiger partial charge in [0.15, 0.2) is 5.17 Å². The Balaban J connectivity index is 1.95. The minimum atomic E-state index is -4.36. The molecule has 23 heavy (non-hydrogen) atoms. The van der Waals surface area contributed by atoms with E-state index >= 15 is 0 Å². The highest BCUT2D eigenvalue weighted by Gasteiger charge is 2.31. The Morgan fingerprint density at radius 2 is 2.04 bits per heavy atom. The van der Waals surface area contributed by atoms with E-state index in [0.717, 1.165) is 28.6 Å². The third-order valence-corrected chi connectivity index (χ3v) is 4.34. The van der Waals surface area contributed by atoms with Crippen molar-refractivity contribution in [1.29, 1.82) is 0 Å². The molecule has 0 radical (unpaired) electrons. The van der Waals surface area contributed by atoms with Crippen LogP contribution < -0.4 is 4.90 Å². The number of amidine groups is 1. The van der Waals surface area contributed by atoms with Crippen LogP contribution in [0.3, 0.4) is 0 Å². The number of hydrogen-bond donors (Lipinski definition) is 0. The molecule has 1 aromatic carbocycles. The minimum absolute atomic E-state index is 0.432. The Hall–Kier alpha value is -2.02. The number of anilines is 1. The number of aromatic nitrogens is 1. The lowest BCUT2D eigenvalue weighted by Crippen LogP contribution is -2.27. The molecule has 2 aromatic rings. The quantitative estimate of drug-likeness (QED) is 0.840. The van der Waals surface area contributed by atoms with Crippen LogP contribution in [0.4, 0.5) is 18.9 Å². The highest BCUT2D eigenvalue weighted by molar-refractivity contribution is 8.14. The van der Waals surface area contributed by atoms with Gasteiger partial charge in [0.25, 0.3) is 0 Å². The fourth-order valence-electron chi connectivity index (χ4n) is 2.28. The molecule has 0 amide bonds. The van der Waals surface area contributed by atoms with Crippen LogP contribution in [0, 0.1) is 0 Å². The van der Waals surface area contributed by atoms with Crippen molar-refractivity contribution in [2.24, 2.45) is 4.99 Å². The Bertz CT molecular complexity index is 701. The number of alkyl halides is 3. The van der Waals surface area contributed by atoms with E-state index in [2.05, 4.69) is 9.98 Å². The zero-order chi connectivity index (χ0) is 16.3. The highest BCUT2D eigenvalue weighted by atomic mass is 32.2. The molecule has 7 heteroatoms. The maximum absolute atomic E-state index is 13.0. The highest BCUT2D eigenvalue weighted by Crippen LogP contribution is 2.33. The second-order valence-electron chi connectivity index (χ2n) is 5.01. The van der Waals surface area contributed by atoms with Crippen LogP contribution in [0.2, 0.25) is 0 Å². The third-order valence-electron chi connectivity index (χ3n) is 3.35. The smallest absolute Gasteiger partial charge is 0.317 e. The molecule has 0 unspecified atom stereocenters. The number of halogens is 3. The number of pyridine rings is 1. The van der Waals surface area contributed by atoms with Crippen LogP contribution in [0.15, 0.2) is 53.8 Å². The standard InChI is InChI=1S/C16H14F3N3S/c17-16(18,19)13-4-1-5-14(9-13)22(15-21-7-8-23-15)11-12-3-2-6-20-10-12/h1-6,9-10H,7-8,11H2. The first-order valence-corrected chi connectivity index (χ1v) is 8.03. The predicted molar refractivity (Wildman–Crippen MR) is 86.6 cm³/mol. The average molecular weight is 337 g/mol. The van der Waals surface area contributed by atoms with E-state index in [1.54, 1.807) is 30.2 Å². The molecule has 3 rings (SSSR count). The third kappa shape index (κ3) is 3.85. The number of rotatable bonds is 3. The van der Waals surface area contributed by atoms with Crippen molar-refractivity contribution >= 4 is 22.6 Å². The van der Waals surface area contributed by atoms with E-state index in [9.17, 15) is 13.2 Å². The molecule has 1 aromatic heterocycles. The van der Waals surface area contributed by atoms with E-state index in [1.165, 1.54) is 6.07 Å². The van der Waals surface area contributed by atoms with Crippen LogP contribution in [0.5, 0.6) is 0 Å². The first kappa shape index (κ1) is 15.9. The molecule has 1 aliphatic rings. The maximum atomic E-state index is 13.0. The summed E-state index contributed by atoms with van der Waals surface area (Å²) in [7, 11) is 0. The maximum Gasteiger partial charge on any atom is 0.416 e. The van der Waals surface area contributed by atoms with Crippen molar-refractivity contribution in [1.82, 2.24) is 4.98 Å². The molecule has 2 heterocycles. The van der Waals surface area contributed by atoms with Crippen LogP contribution in [0.1, 0.15) is 11.1 Å². The molecule has 1 aliphatic heterocycles. The lowest BCUT2D eigenvalue weighted by atomic mass is 10.1. The molecule has 0 spiro atoms. The number of aliphatic imine (C=N–C) groups is 1. The SMILES string of the molecule is FC(F)(F)c1cccc(N(Cc2cccnc2)C2=NCCS2)c1. The van der Waals surface area contributed by atoms with Gasteiger partial charge in [-0.15, -0.1) is 0 Å². The van der Waals surface area contributed by atoms with Crippen molar-refractivity contribution < 1.29 is 13.2 Å². The number of hydrogen-bond acceptors (Lipinski definition) is 4. The average Bonchev–Trinajstić information content (AvgIpc) is 3.07. The van der Waals surface area contributed by atoms with Crippen molar-refractivity contribution in [2.75, 3.05) is 17.2 Å². The molecule has 0 fully saturated rings. The van der Waals surface area contributed by atoms with Gasteiger partial charge in [-0.05, 0) is 29.8 Å². The van der Waals surface area contributed by atoms with E-state index in [1.807, 2.05) is 17.0 Å². The summed E-state index contributed by atoms with van der Waals surface area (Å²) in [6, 6.07) is 9.05. The van der Waals surface area contributed by atoms with Gasteiger partial charge in [-0.1, -0.05) is 23.9 Å². The van der Waals surface area contributed by atoms with Crippen molar-refractivity contribution in [3.05, 3.63) is 59.9 Å². The second-order valence-corrected chi connectivity index (χ2v) is 6.07. The molecule has 0 aliphatic carbocycles. The molecule has 3 nitrogen and oxygen atoms in total. The van der Waals surface area contributed by atoms with Gasteiger partial charge < -0.3 is 4.90 Å². The van der Waals surface area contributed by atoms with Crippen molar-refractivity contribution in [2.45, 2.75) is 12.7 Å². The zero-order valence-corrected chi connectivity index (χ0v) is 12.9. The Morgan fingerprint density at radius 1 is 1.17 bits per heavy atom. The summed E-state index contributed by atoms with van der Waals surface area (Å²) >= 11 is 1.55. The summed E-state index contributed by atoms with van der Waals surface area (Å²) in [5, 5.41) is 0.744. The molecular formula is C16H14F3N3S. The van der Waals surface area contributed by atoms with Crippen molar-refractivity contribution in [3.8, 4) is 0 Å². The van der Waals surface area contributed by atoms with Crippen LogP contribution in [-0.2, 0) is 12.7 Å². The fourth-order valence-corrected chi connectivity index (χ4v) is 3.15. The van der Waals surface area contributed by atoms with Gasteiger partial charge in [-0.25, -0.2) is 0 Å². The Labute approximate surface area is 136 Å². The van der Waals surface area contributed by atoms with E-state index in [-0.39, 0.29) is 0 Å². The monoisotopic (exact) mass is 337 g/mol. The molecule has 0 atom stereocenters. The lowest BCUT2D eigenvalue weighted by Gasteiger charge is -2.25. The number of benzene rings is 1. The van der Waals surface area contributed by atoms with Crippen molar-refractivity contribution in [3.63, 3.8) is 0 Å². The first-order chi connectivity index (χ1) is 11.0. The van der Waals surface area contributed by atoms with E-state index in [0.29, 0.717) is 18.8 Å². The van der Waals surface area contributed by atoms with Gasteiger partial charge in [-0.2, -0.15) is 13.2 Å². The van der Waals surface area contributed by atoms with E-state index in [4.69, 9.17) is 0 Å². The summed E-state index contributed by atoms with van der Waals surface area (Å²) in [5.74, 6) is 0.845. The summed E-state index contributed by atoms with van der Waals surface area (Å²) in [4.78, 5) is 10.3. The Morgan fingerprint density at radius 3 is 2.70 bits per heavy atom. The largest absolute Gasteiger partial charge is 0.416 e. The summed E-state index contributed by atoms with van der Waals surface area (Å²) < 4.78 is 38.9. The van der Waals surface area contributed by atoms with Gasteiger partial charge in [-0.3, -0.25) is 9.98 Å². The Kier molecular flexibility index (Phi) is 4.56. The van der Waals surface area contributed by atoms with E-state index < -0.39 is 11.7 Å². The molecule has 0 saturated heterocycles. The van der Waals surface area contributed by atoms with Gasteiger partial charge in [0, 0.05) is 23.8 Å². The van der Waals surface area contributed by atoms with Crippen LogP contribution in [0.25, 0.3) is 0 Å². The molecule has 0 N–H and O–H groups in total. The second kappa shape index (κ2) is 6.62. The molecular weight excluding hydrogens is 323 g/mol. The summed E-state index contributed by atoms with van der Waals surface area (Å²) in [5.41, 5.74) is 0.742. The van der Waals surface area contributed by atoms with Gasteiger partial charge >= 0.3 is 6.18 Å².